The van der Waals surface area contributed by atoms with Crippen LogP contribution in [0.1, 0.15) is 245 Å². The van der Waals surface area contributed by atoms with E-state index in [0.717, 1.165) is 70.6 Å². The first kappa shape index (κ1) is 65.9. The van der Waals surface area contributed by atoms with Gasteiger partial charge in [-0.25, -0.2) is 0 Å². The minimum Gasteiger partial charge on any atom is -0.756 e. The molecule has 0 aromatic carbocycles. The first-order valence-electron chi connectivity index (χ1n) is 28.3. The minimum atomic E-state index is -4.59. The molecule has 0 saturated heterocycles. The van der Waals surface area contributed by atoms with Crippen LogP contribution in [0.4, 0.5) is 0 Å². The predicted molar refractivity (Wildman–Crippen MR) is 293 cm³/mol. The molecule has 0 aliphatic carbocycles. The van der Waals surface area contributed by atoms with Crippen molar-refractivity contribution >= 4 is 13.7 Å². The van der Waals surface area contributed by atoms with E-state index < -0.39 is 26.6 Å². The van der Waals surface area contributed by atoms with Crippen molar-refractivity contribution in [2.24, 2.45) is 0 Å². The van der Waals surface area contributed by atoms with Crippen molar-refractivity contribution in [2.45, 2.75) is 257 Å². The number of amides is 1. The number of hydrogen-bond acceptors (Lipinski definition) is 6. The Morgan fingerprint density at radius 1 is 0.529 bits per heavy atom. The molecule has 396 valence electrons. The first-order valence-corrected chi connectivity index (χ1v) is 29.8. The van der Waals surface area contributed by atoms with Gasteiger partial charge in [0.1, 0.15) is 13.2 Å². The van der Waals surface area contributed by atoms with Crippen molar-refractivity contribution in [1.82, 2.24) is 5.32 Å². The van der Waals surface area contributed by atoms with Gasteiger partial charge in [0.2, 0.25) is 5.91 Å². The fraction of sp³-hybridized carbons (Fsp3) is 0.780. The van der Waals surface area contributed by atoms with Crippen molar-refractivity contribution in [3.63, 3.8) is 0 Å². The van der Waals surface area contributed by atoms with Gasteiger partial charge in [-0.15, -0.1) is 0 Å². The number of aliphatic hydroxyl groups excluding tert-OH is 1. The zero-order valence-electron chi connectivity index (χ0n) is 45.0. The van der Waals surface area contributed by atoms with E-state index in [-0.39, 0.29) is 12.5 Å². The lowest BCUT2D eigenvalue weighted by Gasteiger charge is -2.29. The highest BCUT2D eigenvalue weighted by Gasteiger charge is 2.23. The van der Waals surface area contributed by atoms with Gasteiger partial charge in [-0.2, -0.15) is 0 Å². The molecular formula is C59H109N2O6P. The summed E-state index contributed by atoms with van der Waals surface area (Å²) in [5.74, 6) is -0.210. The normalized spacial score (nSPS) is 14.5. The summed E-state index contributed by atoms with van der Waals surface area (Å²) >= 11 is 0. The van der Waals surface area contributed by atoms with Crippen LogP contribution in [0.25, 0.3) is 0 Å². The van der Waals surface area contributed by atoms with Crippen LogP contribution in [0.2, 0.25) is 0 Å². The number of carbonyl (C=O) groups is 1. The minimum absolute atomic E-state index is 0.00717. The highest BCUT2D eigenvalue weighted by Crippen LogP contribution is 2.38. The van der Waals surface area contributed by atoms with Crippen LogP contribution in [0.5, 0.6) is 0 Å². The van der Waals surface area contributed by atoms with E-state index in [0.29, 0.717) is 17.4 Å². The molecule has 0 radical (unpaired) electrons. The molecule has 9 heteroatoms. The average Bonchev–Trinajstić information content (AvgIpc) is 3.30. The number of quaternary nitrogens is 1. The summed E-state index contributed by atoms with van der Waals surface area (Å²) in [6, 6.07) is -0.900. The Bertz CT molecular complexity index is 1330. The van der Waals surface area contributed by atoms with Crippen molar-refractivity contribution in [3.05, 3.63) is 72.9 Å². The van der Waals surface area contributed by atoms with Crippen LogP contribution in [0, 0.1) is 0 Å². The average molecular weight is 974 g/mol. The predicted octanol–water partition coefficient (Wildman–Crippen LogP) is 16.5. The Morgan fingerprint density at radius 2 is 0.912 bits per heavy atom. The zero-order valence-corrected chi connectivity index (χ0v) is 45.9. The van der Waals surface area contributed by atoms with E-state index in [1.165, 1.54) is 154 Å². The lowest BCUT2D eigenvalue weighted by Crippen LogP contribution is -2.45. The molecule has 1 amide bonds. The fourth-order valence-corrected chi connectivity index (χ4v) is 8.72. The van der Waals surface area contributed by atoms with Gasteiger partial charge < -0.3 is 28.8 Å². The second-order valence-corrected chi connectivity index (χ2v) is 21.7. The van der Waals surface area contributed by atoms with Gasteiger partial charge in [0.05, 0.1) is 39.9 Å². The lowest BCUT2D eigenvalue weighted by atomic mass is 10.0. The molecule has 3 atom stereocenters. The van der Waals surface area contributed by atoms with E-state index in [1.54, 1.807) is 6.08 Å². The van der Waals surface area contributed by atoms with E-state index in [2.05, 4.69) is 79.9 Å². The van der Waals surface area contributed by atoms with E-state index in [9.17, 15) is 19.4 Å². The number of nitrogens with zero attached hydrogens (tertiary/aromatic N) is 1. The number of likely N-dealkylation sites (N-methyl/N-ethyl adjacent to an activating group) is 1. The summed E-state index contributed by atoms with van der Waals surface area (Å²) in [5, 5.41) is 13.7. The molecule has 0 rings (SSSR count). The Kier molecular flexibility index (Phi) is 48.4. The third-order valence-corrected chi connectivity index (χ3v) is 13.3. The van der Waals surface area contributed by atoms with Crippen LogP contribution < -0.4 is 10.2 Å². The van der Waals surface area contributed by atoms with Crippen molar-refractivity contribution < 1.29 is 32.9 Å². The maximum Gasteiger partial charge on any atom is 0.268 e. The maximum atomic E-state index is 12.8. The molecule has 0 saturated carbocycles. The second kappa shape index (κ2) is 49.9. The monoisotopic (exact) mass is 973 g/mol. The lowest BCUT2D eigenvalue weighted by molar-refractivity contribution is -0.870. The van der Waals surface area contributed by atoms with Gasteiger partial charge in [-0.1, -0.05) is 247 Å². The van der Waals surface area contributed by atoms with E-state index in [4.69, 9.17) is 9.05 Å². The van der Waals surface area contributed by atoms with Crippen molar-refractivity contribution in [1.29, 1.82) is 0 Å². The Morgan fingerprint density at radius 3 is 1.35 bits per heavy atom. The van der Waals surface area contributed by atoms with Crippen LogP contribution in [-0.2, 0) is 18.4 Å². The zero-order chi connectivity index (χ0) is 49.9. The smallest absolute Gasteiger partial charge is 0.268 e. The van der Waals surface area contributed by atoms with Gasteiger partial charge >= 0.3 is 0 Å². The summed E-state index contributed by atoms with van der Waals surface area (Å²) in [7, 11) is 1.24. The van der Waals surface area contributed by atoms with Gasteiger partial charge in [-0.05, 0) is 64.2 Å². The molecule has 0 aliphatic rings. The van der Waals surface area contributed by atoms with Gasteiger partial charge in [0.15, 0.2) is 0 Å². The highest BCUT2D eigenvalue weighted by molar-refractivity contribution is 7.45. The summed E-state index contributed by atoms with van der Waals surface area (Å²) < 4.78 is 23.1. The molecule has 0 heterocycles. The maximum absolute atomic E-state index is 12.8. The standard InChI is InChI=1S/C59H109N2O6P/c1-6-8-10-12-14-15-16-17-18-19-20-21-22-23-24-25-26-27-28-29-30-31-32-33-34-35-36-37-38-39-40-41-42-43-44-45-47-49-51-53-59(63)60-57(58(62)52-50-48-46-13-11-9-7-2)56-67-68(64,65)66-55-54-61(3,4)5/h8,10-11,13-15,17-18,20-21,50,52,57-58,62H,6-7,9,12,16,19,22-49,51,53-56H2,1-5H3,(H-,60,63,64,65)/b10-8-,13-11+,15-14-,18-17-,21-20-,52-50+. The van der Waals surface area contributed by atoms with E-state index in [1.807, 2.05) is 27.2 Å². The van der Waals surface area contributed by atoms with Gasteiger partial charge in [-0.3, -0.25) is 9.36 Å². The quantitative estimate of drug-likeness (QED) is 0.0272. The summed E-state index contributed by atoms with van der Waals surface area (Å²) in [4.78, 5) is 25.2. The van der Waals surface area contributed by atoms with Crippen LogP contribution in [0.3, 0.4) is 0 Å². The number of aliphatic hydroxyl groups is 1. The summed E-state index contributed by atoms with van der Waals surface area (Å²) in [5.41, 5.74) is 0. The molecule has 0 fully saturated rings. The molecule has 2 N–H and O–H groups in total. The topological polar surface area (TPSA) is 108 Å². The van der Waals surface area contributed by atoms with Crippen molar-refractivity contribution in [3.8, 4) is 0 Å². The van der Waals surface area contributed by atoms with Crippen LogP contribution in [0.15, 0.2) is 72.9 Å². The number of phosphoric acid groups is 1. The first-order chi connectivity index (χ1) is 33.0. The highest BCUT2D eigenvalue weighted by atomic mass is 31.2. The number of carbonyl (C=O) groups excluding carboxylic acids is 1. The molecule has 68 heavy (non-hydrogen) atoms. The number of hydrogen-bond donors (Lipinski definition) is 2. The molecule has 3 unspecified atom stereocenters. The number of allylic oxidation sites excluding steroid dienone is 11. The van der Waals surface area contributed by atoms with Crippen LogP contribution in [-0.4, -0.2) is 68.5 Å². The molecule has 0 spiro atoms. The van der Waals surface area contributed by atoms with Crippen molar-refractivity contribution in [2.75, 3.05) is 40.9 Å². The summed E-state index contributed by atoms with van der Waals surface area (Å²) in [6.45, 7) is 4.40. The molecule has 0 aromatic heterocycles. The molecule has 8 nitrogen and oxygen atoms in total. The molecular weight excluding hydrogens is 864 g/mol. The second-order valence-electron chi connectivity index (χ2n) is 20.3. The Labute approximate surface area is 421 Å². The Hall–Kier alpha value is -2.06. The largest absolute Gasteiger partial charge is 0.756 e. The molecule has 0 bridgehead atoms. The SMILES string of the molecule is CC/C=C\C/C=C\C/C=C\C/C=C\CCCCCCCCCCCCCCCCCCCCCCCCCCCCC(=O)NC(COP(=O)([O-])OCC[N+](C)(C)C)C(O)/C=C/CC/C=C/CCC. The number of unbranched alkanes of at least 4 members (excludes halogenated alkanes) is 28. The fourth-order valence-electron chi connectivity index (χ4n) is 7.99. The number of rotatable bonds is 51. The Balaban J connectivity index is 3.76. The van der Waals surface area contributed by atoms with Gasteiger partial charge in [0, 0.05) is 6.42 Å². The van der Waals surface area contributed by atoms with E-state index >= 15 is 0 Å². The van der Waals surface area contributed by atoms with Crippen LogP contribution >= 0.6 is 7.82 Å². The summed E-state index contributed by atoms with van der Waals surface area (Å²) in [6.07, 6.45) is 69.1. The third-order valence-electron chi connectivity index (χ3n) is 12.4. The molecule has 0 aliphatic heterocycles. The number of nitrogens with one attached hydrogen (secondary N) is 1. The molecule has 0 aromatic rings. The third kappa shape index (κ3) is 51.8. The van der Waals surface area contributed by atoms with Gasteiger partial charge in [0.25, 0.3) is 7.82 Å². The number of phosphoric ester groups is 1.